The van der Waals surface area contributed by atoms with Crippen molar-refractivity contribution < 1.29 is 21.6 Å². The van der Waals surface area contributed by atoms with Crippen LogP contribution < -0.4 is 4.72 Å². The van der Waals surface area contributed by atoms with Gasteiger partial charge in [0.2, 0.25) is 10.0 Å². The number of nitrogens with one attached hydrogen (secondary N) is 1. The second-order valence-electron chi connectivity index (χ2n) is 4.48. The van der Waals surface area contributed by atoms with Crippen LogP contribution in [0.4, 0.5) is 13.2 Å². The monoisotopic (exact) mass is 309 g/mol. The SMILES string of the molecule is CC(C)C(CCCl)NS(=O)(=O)CCCC(F)(F)F. The lowest BCUT2D eigenvalue weighted by Gasteiger charge is -2.21. The highest BCUT2D eigenvalue weighted by Crippen LogP contribution is 2.21. The predicted octanol–water partition coefficient (Wildman–Crippen LogP) is 2.90. The molecule has 0 heterocycles. The highest BCUT2D eigenvalue weighted by Gasteiger charge is 2.28. The molecule has 0 aromatic carbocycles. The van der Waals surface area contributed by atoms with Crippen LogP contribution in [-0.2, 0) is 10.0 Å². The van der Waals surface area contributed by atoms with Crippen LogP contribution in [0.25, 0.3) is 0 Å². The van der Waals surface area contributed by atoms with E-state index in [1.165, 1.54) is 0 Å². The summed E-state index contributed by atoms with van der Waals surface area (Å²) < 4.78 is 61.3. The fourth-order valence-corrected chi connectivity index (χ4v) is 3.13. The normalized spacial score (nSPS) is 15.1. The van der Waals surface area contributed by atoms with Gasteiger partial charge in [-0.05, 0) is 18.8 Å². The Balaban J connectivity index is 4.28. The molecule has 0 bridgehead atoms. The molecule has 18 heavy (non-hydrogen) atoms. The first-order valence-electron chi connectivity index (χ1n) is 5.70. The molecule has 1 N–H and O–H groups in total. The summed E-state index contributed by atoms with van der Waals surface area (Å²) in [5.41, 5.74) is 0. The first kappa shape index (κ1) is 18.0. The standard InChI is InChI=1S/C10H19ClF3NO2S/c1-8(2)9(4-6-11)15-18(16,17)7-3-5-10(12,13)14/h8-9,15H,3-7H2,1-2H3. The molecule has 0 aliphatic heterocycles. The van der Waals surface area contributed by atoms with E-state index in [1.807, 2.05) is 13.8 Å². The number of halogens is 4. The summed E-state index contributed by atoms with van der Waals surface area (Å²) in [7, 11) is -3.68. The van der Waals surface area contributed by atoms with E-state index < -0.39 is 34.8 Å². The summed E-state index contributed by atoms with van der Waals surface area (Å²) >= 11 is 5.55. The van der Waals surface area contributed by atoms with Crippen LogP contribution in [0.15, 0.2) is 0 Å². The summed E-state index contributed by atoms with van der Waals surface area (Å²) in [4.78, 5) is 0. The minimum atomic E-state index is -4.32. The summed E-state index contributed by atoms with van der Waals surface area (Å²) in [5.74, 6) is -0.174. The number of alkyl halides is 4. The maximum absolute atomic E-state index is 11.9. The Kier molecular flexibility index (Phi) is 7.54. The lowest BCUT2D eigenvalue weighted by atomic mass is 10.0. The van der Waals surface area contributed by atoms with Gasteiger partial charge in [0, 0.05) is 18.3 Å². The predicted molar refractivity (Wildman–Crippen MR) is 66.2 cm³/mol. The van der Waals surface area contributed by atoms with Gasteiger partial charge in [0.15, 0.2) is 0 Å². The smallest absolute Gasteiger partial charge is 0.212 e. The Labute approximate surface area is 111 Å². The lowest BCUT2D eigenvalue weighted by Crippen LogP contribution is -2.40. The van der Waals surface area contributed by atoms with Crippen molar-refractivity contribution in [3.63, 3.8) is 0 Å². The topological polar surface area (TPSA) is 46.2 Å². The largest absolute Gasteiger partial charge is 0.389 e. The molecule has 1 unspecified atom stereocenters. The van der Waals surface area contributed by atoms with Crippen LogP contribution in [0.3, 0.4) is 0 Å². The molecule has 0 aromatic rings. The molecule has 0 amide bonds. The van der Waals surface area contributed by atoms with Crippen LogP contribution >= 0.6 is 11.6 Å². The van der Waals surface area contributed by atoms with E-state index in [0.717, 1.165) is 0 Å². The van der Waals surface area contributed by atoms with Crippen LogP contribution in [0.5, 0.6) is 0 Å². The summed E-state index contributed by atoms with van der Waals surface area (Å²) in [6.45, 7) is 3.66. The zero-order chi connectivity index (χ0) is 14.4. The average Bonchev–Trinajstić information content (AvgIpc) is 2.13. The van der Waals surface area contributed by atoms with E-state index in [4.69, 9.17) is 11.6 Å². The van der Waals surface area contributed by atoms with Gasteiger partial charge in [-0.1, -0.05) is 13.8 Å². The second kappa shape index (κ2) is 7.55. The molecule has 0 saturated carbocycles. The molecule has 0 aromatic heterocycles. The van der Waals surface area contributed by atoms with Gasteiger partial charge in [0.1, 0.15) is 0 Å². The van der Waals surface area contributed by atoms with Gasteiger partial charge in [-0.25, -0.2) is 13.1 Å². The molecular weight excluding hydrogens is 291 g/mol. The highest BCUT2D eigenvalue weighted by molar-refractivity contribution is 7.89. The molecule has 0 aliphatic rings. The molecule has 0 rings (SSSR count). The van der Waals surface area contributed by atoms with Crippen molar-refractivity contribution in [2.24, 2.45) is 5.92 Å². The van der Waals surface area contributed by atoms with Gasteiger partial charge in [-0.2, -0.15) is 13.2 Å². The third kappa shape index (κ3) is 8.99. The summed E-state index contributed by atoms with van der Waals surface area (Å²) in [5, 5.41) is 0. The molecule has 3 nitrogen and oxygen atoms in total. The molecular formula is C10H19ClF3NO2S. The van der Waals surface area contributed by atoms with Crippen molar-refractivity contribution in [1.29, 1.82) is 0 Å². The Morgan fingerprint density at radius 3 is 2.22 bits per heavy atom. The van der Waals surface area contributed by atoms with E-state index in [-0.39, 0.29) is 12.0 Å². The van der Waals surface area contributed by atoms with Crippen molar-refractivity contribution in [2.45, 2.75) is 45.3 Å². The fourth-order valence-electron chi connectivity index (χ4n) is 1.40. The van der Waals surface area contributed by atoms with Crippen molar-refractivity contribution >= 4 is 21.6 Å². The lowest BCUT2D eigenvalue weighted by molar-refractivity contribution is -0.134. The van der Waals surface area contributed by atoms with Crippen LogP contribution in [-0.4, -0.2) is 32.3 Å². The van der Waals surface area contributed by atoms with Gasteiger partial charge < -0.3 is 0 Å². The third-order valence-electron chi connectivity index (χ3n) is 2.43. The molecule has 0 fully saturated rings. The van der Waals surface area contributed by atoms with Crippen molar-refractivity contribution in [2.75, 3.05) is 11.6 Å². The van der Waals surface area contributed by atoms with E-state index in [1.54, 1.807) is 0 Å². The average molecular weight is 310 g/mol. The number of rotatable bonds is 8. The van der Waals surface area contributed by atoms with E-state index in [9.17, 15) is 21.6 Å². The van der Waals surface area contributed by atoms with Gasteiger partial charge >= 0.3 is 6.18 Å². The fraction of sp³-hybridized carbons (Fsp3) is 1.00. The van der Waals surface area contributed by atoms with Gasteiger partial charge in [0.05, 0.1) is 5.75 Å². The van der Waals surface area contributed by atoms with Gasteiger partial charge in [0.25, 0.3) is 0 Å². The van der Waals surface area contributed by atoms with Crippen LogP contribution in [0, 0.1) is 5.92 Å². The Morgan fingerprint density at radius 2 is 1.83 bits per heavy atom. The van der Waals surface area contributed by atoms with Crippen LogP contribution in [0.1, 0.15) is 33.1 Å². The summed E-state index contributed by atoms with van der Waals surface area (Å²) in [6.07, 6.45) is -5.37. The quantitative estimate of drug-likeness (QED) is 0.701. The Bertz CT molecular complexity index is 331. The van der Waals surface area contributed by atoms with Gasteiger partial charge in [-0.3, -0.25) is 0 Å². The zero-order valence-corrected chi connectivity index (χ0v) is 12.0. The van der Waals surface area contributed by atoms with Gasteiger partial charge in [-0.15, -0.1) is 11.6 Å². The molecule has 0 spiro atoms. The molecule has 0 radical (unpaired) electrons. The first-order chi connectivity index (χ1) is 8.07. The van der Waals surface area contributed by atoms with E-state index in [2.05, 4.69) is 4.72 Å². The van der Waals surface area contributed by atoms with Crippen molar-refractivity contribution in [3.05, 3.63) is 0 Å². The molecule has 1 atom stereocenters. The first-order valence-corrected chi connectivity index (χ1v) is 7.89. The van der Waals surface area contributed by atoms with Crippen molar-refractivity contribution in [3.8, 4) is 0 Å². The minimum absolute atomic E-state index is 0.0427. The summed E-state index contributed by atoms with van der Waals surface area (Å²) in [6, 6.07) is -0.335. The van der Waals surface area contributed by atoms with E-state index >= 15 is 0 Å². The third-order valence-corrected chi connectivity index (χ3v) is 4.14. The number of hydrogen-bond acceptors (Lipinski definition) is 2. The maximum Gasteiger partial charge on any atom is 0.389 e. The Morgan fingerprint density at radius 1 is 1.28 bits per heavy atom. The highest BCUT2D eigenvalue weighted by atomic mass is 35.5. The molecule has 0 aliphatic carbocycles. The maximum atomic E-state index is 11.9. The van der Waals surface area contributed by atoms with Crippen molar-refractivity contribution in [1.82, 2.24) is 4.72 Å². The minimum Gasteiger partial charge on any atom is -0.212 e. The Hall–Kier alpha value is -0.0100. The zero-order valence-electron chi connectivity index (χ0n) is 10.4. The molecule has 0 saturated heterocycles. The molecule has 8 heteroatoms. The molecule has 110 valence electrons. The number of sulfonamides is 1. The van der Waals surface area contributed by atoms with E-state index in [0.29, 0.717) is 12.3 Å². The van der Waals surface area contributed by atoms with Crippen LogP contribution in [0.2, 0.25) is 0 Å². The number of hydrogen-bond donors (Lipinski definition) is 1. The second-order valence-corrected chi connectivity index (χ2v) is 6.74.